The first-order valence-electron chi connectivity index (χ1n) is 28.4. The summed E-state index contributed by atoms with van der Waals surface area (Å²) in [5.41, 5.74) is 4.57. The van der Waals surface area contributed by atoms with Crippen LogP contribution in [0.5, 0.6) is 23.0 Å². The van der Waals surface area contributed by atoms with Gasteiger partial charge in [0.2, 0.25) is 0 Å². The smallest absolute Gasteiger partial charge is 0.251 e. The van der Waals surface area contributed by atoms with Crippen molar-refractivity contribution in [3.05, 3.63) is 153 Å². The van der Waals surface area contributed by atoms with E-state index in [1.54, 1.807) is 145 Å². The monoisotopic (exact) mass is 1410 g/mol. The normalized spacial score (nSPS) is 15.3. The van der Waals surface area contributed by atoms with Crippen LogP contribution >= 0.6 is 141 Å². The van der Waals surface area contributed by atoms with Gasteiger partial charge in [-0.1, -0.05) is 146 Å². The van der Waals surface area contributed by atoms with E-state index in [0.717, 1.165) is 68.3 Å². The van der Waals surface area contributed by atoms with E-state index in [4.69, 9.17) is 28.8 Å². The number of phenolic OH excluding ortho intramolecular Hbond substituents is 4. The maximum Gasteiger partial charge on any atom is 0.251 e. The molecule has 4 N–H and O–H groups in total. The van der Waals surface area contributed by atoms with Crippen LogP contribution < -0.4 is 0 Å². The minimum atomic E-state index is -0.148. The second-order valence-electron chi connectivity index (χ2n) is 19.9. The summed E-state index contributed by atoms with van der Waals surface area (Å²) in [6.45, 7) is 8.84. The number of benzene rings is 6. The Kier molecular flexibility index (Phi) is 20.3. The summed E-state index contributed by atoms with van der Waals surface area (Å²) in [7, 11) is 0. The van der Waals surface area contributed by atoms with Gasteiger partial charge in [0, 0.05) is 66.7 Å². The number of rotatable bonds is 12. The molecule has 0 saturated heterocycles. The van der Waals surface area contributed by atoms with Gasteiger partial charge in [-0.25, -0.2) is 0 Å². The lowest BCUT2D eigenvalue weighted by atomic mass is 10.1. The van der Waals surface area contributed by atoms with Crippen molar-refractivity contribution in [1.82, 2.24) is 20.4 Å². The summed E-state index contributed by atoms with van der Waals surface area (Å²) in [5.74, 6) is 3.75. The molecule has 0 atom stereocenters. The average Bonchev–Trinajstić information content (AvgIpc) is 1.85. The molecule has 0 amide bonds. The topological polar surface area (TPSA) is 208 Å². The first kappa shape index (κ1) is 63.4. The zero-order valence-electron chi connectivity index (χ0n) is 48.3. The summed E-state index contributed by atoms with van der Waals surface area (Å²) >= 11 is 21.9. The van der Waals surface area contributed by atoms with Crippen LogP contribution in [0.4, 0.5) is 22.7 Å². The number of nitrogens with zero attached hydrogens (tertiary/aromatic N) is 8. The highest BCUT2D eigenvalue weighted by Crippen LogP contribution is 2.67. The van der Waals surface area contributed by atoms with Crippen LogP contribution in [0.2, 0.25) is 0 Å². The molecule has 0 aliphatic carbocycles. The van der Waals surface area contributed by atoms with Crippen LogP contribution in [0.25, 0.3) is 45.8 Å². The number of aliphatic imine (C=N–C) groups is 4. The SMILES string of the molecule is CCCSC1=C(SCCC)SC(=C2Sc3cc4c(cc3S2)N=Cc2cccc(c2O)-c2nnc(o2)-c2cccc(c2O)C=Nc2cc3c(cc2N=Cc2cccc(c2O)-c2nnc(o2)-c2cccc(c2O)C=N4)SC(=C2SC(SCCC)=C(SCCC)S2)S3)S1. The lowest BCUT2D eigenvalue weighted by molar-refractivity contribution is 0.468. The van der Waals surface area contributed by atoms with Gasteiger partial charge in [0.05, 0.1) is 78.9 Å². The molecule has 0 unspecified atom stereocenters. The summed E-state index contributed by atoms with van der Waals surface area (Å²) in [6.07, 6.45) is 10.7. The standard InChI is InChI=1S/C64H52N8O6S12/c1-5-21-79-57-58(80-22-6-2)88-63(87-57)61-83-45-25-41-42(26-46(45)84-61)66-30-34-14-10-18-38(50(34)74)54-70-72-56(78-54)40-20-12-16-36(52(40)76)32-68-44-28-48-47(85-62(86-48)64-89-59(81-23-7-3)60(90-64)82-24-8-4)27-43(44)67-31-35-15-11-19-39(51(35)75)55-71-69-53(77-55)37-17-9-13-33(29-65-41)49(37)73/h9-20,25-32,73-76H,5-8,21-24H2,1-4H3. The molecule has 5 aliphatic rings. The van der Waals surface area contributed by atoms with Crippen LogP contribution in [-0.4, -0.2) is 88.7 Å². The van der Waals surface area contributed by atoms with Crippen molar-refractivity contribution in [3.63, 3.8) is 0 Å². The van der Waals surface area contributed by atoms with Crippen molar-refractivity contribution in [1.29, 1.82) is 0 Å². The van der Waals surface area contributed by atoms with E-state index in [1.165, 1.54) is 33.9 Å². The highest BCUT2D eigenvalue weighted by atomic mass is 32.3. The Morgan fingerprint density at radius 3 is 0.800 bits per heavy atom. The molecule has 5 aliphatic heterocycles. The van der Waals surface area contributed by atoms with E-state index < -0.39 is 0 Å². The number of aromatic nitrogens is 4. The van der Waals surface area contributed by atoms with Crippen LogP contribution in [-0.2, 0) is 0 Å². The third-order valence-corrected chi connectivity index (χ3v) is 31.4. The molecule has 0 radical (unpaired) electrons. The average molecular weight is 1410 g/mol. The van der Waals surface area contributed by atoms with Crippen molar-refractivity contribution in [2.45, 2.75) is 73.0 Å². The maximum absolute atomic E-state index is 11.9. The Labute approximate surface area is 570 Å². The fourth-order valence-electron chi connectivity index (χ4n) is 9.05. The Balaban J connectivity index is 0.885. The first-order valence-corrected chi connectivity index (χ1v) is 38.9. The maximum atomic E-state index is 11.9. The van der Waals surface area contributed by atoms with Gasteiger partial charge < -0.3 is 29.3 Å². The van der Waals surface area contributed by atoms with Crippen LogP contribution in [0.1, 0.15) is 75.6 Å². The predicted molar refractivity (Wildman–Crippen MR) is 392 cm³/mol. The molecule has 0 saturated carbocycles. The lowest BCUT2D eigenvalue weighted by Gasteiger charge is -2.07. The number of aromatic hydroxyl groups is 4. The molecule has 14 nitrogen and oxygen atoms in total. The number of hydrogen-bond donors (Lipinski definition) is 4. The molecular weight excluding hydrogens is 1360 g/mol. The molecule has 12 bridgehead atoms. The second-order valence-corrected chi connectivity index (χ2v) is 34.7. The zero-order valence-corrected chi connectivity index (χ0v) is 58.1. The number of fused-ring (bicyclic) bond motifs is 20. The molecule has 13 rings (SSSR count). The van der Waals surface area contributed by atoms with E-state index in [2.05, 4.69) is 48.1 Å². The molecule has 90 heavy (non-hydrogen) atoms. The third kappa shape index (κ3) is 13.7. The second kappa shape index (κ2) is 28.9. The predicted octanol–water partition coefficient (Wildman–Crippen LogP) is 21.7. The molecule has 0 fully saturated rings. The molecular formula is C64H52N8O6S12. The Morgan fingerprint density at radius 1 is 0.333 bits per heavy atom. The third-order valence-electron chi connectivity index (χ3n) is 13.5. The van der Waals surface area contributed by atoms with Crippen LogP contribution in [0, 0.1) is 0 Å². The molecule has 6 aromatic carbocycles. The highest BCUT2D eigenvalue weighted by Gasteiger charge is 2.33. The van der Waals surface area contributed by atoms with E-state index in [-0.39, 0.29) is 68.8 Å². The van der Waals surface area contributed by atoms with Gasteiger partial charge in [-0.15, -0.1) is 67.4 Å². The van der Waals surface area contributed by atoms with Gasteiger partial charge in [0.1, 0.15) is 23.0 Å². The van der Waals surface area contributed by atoms with E-state index >= 15 is 0 Å². The molecule has 8 aromatic rings. The number of para-hydroxylation sites is 4. The molecule has 456 valence electrons. The molecule has 26 heteroatoms. The van der Waals surface area contributed by atoms with E-state index in [0.29, 0.717) is 45.0 Å². The molecule has 2 aromatic heterocycles. The quantitative estimate of drug-likeness (QED) is 0.0896. The lowest BCUT2D eigenvalue weighted by Crippen LogP contribution is -1.88. The molecule has 0 spiro atoms. The van der Waals surface area contributed by atoms with Gasteiger partial charge in [-0.2, -0.15) is 0 Å². The van der Waals surface area contributed by atoms with Crippen molar-refractivity contribution in [3.8, 4) is 68.8 Å². The number of thioether (sulfide) groups is 12. The summed E-state index contributed by atoms with van der Waals surface area (Å²) in [6, 6.07) is 28.7. The minimum absolute atomic E-state index is 0.0233. The summed E-state index contributed by atoms with van der Waals surface area (Å²) in [5, 5.41) is 65.1. The van der Waals surface area contributed by atoms with E-state index in [1.807, 2.05) is 118 Å². The largest absolute Gasteiger partial charge is 0.506 e. The van der Waals surface area contributed by atoms with Gasteiger partial charge in [0.15, 0.2) is 0 Å². The van der Waals surface area contributed by atoms with Crippen molar-refractivity contribution in [2.75, 3.05) is 23.0 Å². The van der Waals surface area contributed by atoms with Crippen LogP contribution in [0.3, 0.4) is 0 Å². The Bertz CT molecular complexity index is 3880. The summed E-state index contributed by atoms with van der Waals surface area (Å²) in [4.78, 5) is 24.0. The van der Waals surface area contributed by atoms with Gasteiger partial charge in [-0.05, 0) is 121 Å². The molecule has 7 heterocycles. The highest BCUT2D eigenvalue weighted by molar-refractivity contribution is 8.43. The first-order chi connectivity index (χ1) is 44.0. The fourth-order valence-corrected chi connectivity index (χ4v) is 26.1. The van der Waals surface area contributed by atoms with Gasteiger partial charge >= 0.3 is 0 Å². The van der Waals surface area contributed by atoms with Crippen molar-refractivity contribution in [2.24, 2.45) is 20.0 Å². The minimum Gasteiger partial charge on any atom is -0.506 e. The Morgan fingerprint density at radius 2 is 0.567 bits per heavy atom. The Hall–Kier alpha value is -5.36. The van der Waals surface area contributed by atoms with Gasteiger partial charge in [0.25, 0.3) is 23.6 Å². The van der Waals surface area contributed by atoms with Crippen molar-refractivity contribution < 1.29 is 29.3 Å². The van der Waals surface area contributed by atoms with Gasteiger partial charge in [-0.3, -0.25) is 20.0 Å². The number of phenols is 4. The van der Waals surface area contributed by atoms with E-state index in [9.17, 15) is 20.4 Å². The zero-order chi connectivity index (χ0) is 61.8. The van der Waals surface area contributed by atoms with Crippen LogP contribution in [0.15, 0.2) is 179 Å². The van der Waals surface area contributed by atoms with Crippen molar-refractivity contribution >= 4 is 189 Å². The number of hydrogen-bond acceptors (Lipinski definition) is 26. The summed E-state index contributed by atoms with van der Waals surface area (Å²) < 4.78 is 22.8. The fraction of sp³-hybridized carbons (Fsp3) is 0.188.